The molecule has 0 aliphatic rings. The van der Waals surface area contributed by atoms with Crippen LogP contribution in [-0.2, 0) is 0 Å². The molecule has 108 valence electrons. The maximum atomic E-state index is 8.83. The number of nitrogens with two attached hydrogens (primary N) is 1. The summed E-state index contributed by atoms with van der Waals surface area (Å²) in [5.41, 5.74) is 8.52. The molecule has 0 saturated heterocycles. The molecule has 4 nitrogen and oxygen atoms in total. The van der Waals surface area contributed by atoms with Gasteiger partial charge in [-0.2, -0.15) is 5.26 Å². The fourth-order valence-electron chi connectivity index (χ4n) is 1.81. The zero-order chi connectivity index (χ0) is 15.4. The van der Waals surface area contributed by atoms with Gasteiger partial charge in [-0.3, -0.25) is 0 Å². The van der Waals surface area contributed by atoms with Crippen LogP contribution in [0.4, 0.5) is 17.1 Å². The second-order valence-corrected chi connectivity index (χ2v) is 5.26. The summed E-state index contributed by atoms with van der Waals surface area (Å²) in [5, 5.41) is 12.5. The number of benzene rings is 2. The van der Waals surface area contributed by atoms with E-state index in [0.29, 0.717) is 22.0 Å². The lowest BCUT2D eigenvalue weighted by Gasteiger charge is -2.15. The lowest BCUT2D eigenvalue weighted by atomic mass is 10.2. The van der Waals surface area contributed by atoms with Crippen molar-refractivity contribution in [2.45, 2.75) is 20.0 Å². The molecular formula is C16H16ClN3O. The Balaban J connectivity index is 2.26. The van der Waals surface area contributed by atoms with E-state index in [1.807, 2.05) is 32.0 Å². The first-order valence-electron chi connectivity index (χ1n) is 6.52. The highest BCUT2D eigenvalue weighted by atomic mass is 35.5. The molecule has 2 rings (SSSR count). The van der Waals surface area contributed by atoms with E-state index in [2.05, 4.69) is 5.32 Å². The third kappa shape index (κ3) is 3.80. The summed E-state index contributed by atoms with van der Waals surface area (Å²) >= 11 is 6.14. The van der Waals surface area contributed by atoms with Crippen LogP contribution < -0.4 is 15.8 Å². The number of rotatable bonds is 4. The smallest absolute Gasteiger partial charge is 0.144 e. The Bertz CT molecular complexity index is 692. The quantitative estimate of drug-likeness (QED) is 0.825. The standard InChI is InChI=1S/C16H16ClN3O/c1-10(2)21-16-8-12(4-5-14(16)19)20-15-6-3-11(9-18)7-13(15)17/h3-8,10,20H,19H2,1-2H3. The van der Waals surface area contributed by atoms with Crippen molar-refractivity contribution >= 4 is 28.7 Å². The van der Waals surface area contributed by atoms with E-state index in [1.165, 1.54) is 0 Å². The molecule has 0 spiro atoms. The van der Waals surface area contributed by atoms with E-state index in [4.69, 9.17) is 27.3 Å². The summed E-state index contributed by atoms with van der Waals surface area (Å²) in [6.45, 7) is 3.88. The number of nitriles is 1. The zero-order valence-electron chi connectivity index (χ0n) is 11.9. The fraction of sp³-hybridized carbons (Fsp3) is 0.188. The second kappa shape index (κ2) is 6.38. The number of anilines is 3. The maximum absolute atomic E-state index is 8.83. The normalized spacial score (nSPS) is 10.2. The van der Waals surface area contributed by atoms with Gasteiger partial charge in [-0.25, -0.2) is 0 Å². The van der Waals surface area contributed by atoms with Gasteiger partial charge in [0.1, 0.15) is 5.75 Å². The number of hydrogen-bond acceptors (Lipinski definition) is 4. The van der Waals surface area contributed by atoms with Gasteiger partial charge in [-0.15, -0.1) is 0 Å². The number of halogens is 1. The number of nitrogens with zero attached hydrogens (tertiary/aromatic N) is 1. The van der Waals surface area contributed by atoms with Crippen LogP contribution in [-0.4, -0.2) is 6.10 Å². The van der Waals surface area contributed by atoms with Gasteiger partial charge in [0.2, 0.25) is 0 Å². The summed E-state index contributed by atoms with van der Waals surface area (Å²) in [7, 11) is 0. The van der Waals surface area contributed by atoms with E-state index in [-0.39, 0.29) is 6.10 Å². The Morgan fingerprint density at radius 2 is 2.00 bits per heavy atom. The summed E-state index contributed by atoms with van der Waals surface area (Å²) in [5.74, 6) is 0.625. The average Bonchev–Trinajstić information content (AvgIpc) is 2.44. The van der Waals surface area contributed by atoms with Gasteiger partial charge in [0.15, 0.2) is 0 Å². The minimum absolute atomic E-state index is 0.0426. The van der Waals surface area contributed by atoms with Gasteiger partial charge in [-0.05, 0) is 44.2 Å². The van der Waals surface area contributed by atoms with Gasteiger partial charge >= 0.3 is 0 Å². The van der Waals surface area contributed by atoms with Crippen molar-refractivity contribution in [3.8, 4) is 11.8 Å². The highest BCUT2D eigenvalue weighted by Gasteiger charge is 2.07. The monoisotopic (exact) mass is 301 g/mol. The topological polar surface area (TPSA) is 71.1 Å². The van der Waals surface area contributed by atoms with E-state index in [9.17, 15) is 0 Å². The molecule has 2 aromatic carbocycles. The van der Waals surface area contributed by atoms with Gasteiger partial charge in [0.05, 0.1) is 34.1 Å². The Morgan fingerprint density at radius 3 is 2.62 bits per heavy atom. The minimum atomic E-state index is 0.0426. The van der Waals surface area contributed by atoms with Crippen molar-refractivity contribution in [1.29, 1.82) is 5.26 Å². The largest absolute Gasteiger partial charge is 0.489 e. The molecule has 0 aliphatic carbocycles. The molecule has 0 fully saturated rings. The highest BCUT2D eigenvalue weighted by Crippen LogP contribution is 2.31. The third-order valence-electron chi connectivity index (χ3n) is 2.75. The maximum Gasteiger partial charge on any atom is 0.144 e. The first-order valence-corrected chi connectivity index (χ1v) is 6.90. The van der Waals surface area contributed by atoms with E-state index >= 15 is 0 Å². The number of nitrogens with one attached hydrogen (secondary N) is 1. The fourth-order valence-corrected chi connectivity index (χ4v) is 2.04. The minimum Gasteiger partial charge on any atom is -0.489 e. The molecule has 0 unspecified atom stereocenters. The predicted molar refractivity (Wildman–Crippen MR) is 86.1 cm³/mol. The molecule has 0 heterocycles. The zero-order valence-corrected chi connectivity index (χ0v) is 12.6. The summed E-state index contributed by atoms with van der Waals surface area (Å²) < 4.78 is 5.65. The van der Waals surface area contributed by atoms with Crippen molar-refractivity contribution < 1.29 is 4.74 Å². The van der Waals surface area contributed by atoms with Crippen LogP contribution in [0, 0.1) is 11.3 Å². The van der Waals surface area contributed by atoms with Crippen molar-refractivity contribution in [1.82, 2.24) is 0 Å². The van der Waals surface area contributed by atoms with Crippen molar-refractivity contribution in [2.75, 3.05) is 11.1 Å². The number of hydrogen-bond donors (Lipinski definition) is 2. The van der Waals surface area contributed by atoms with E-state index < -0.39 is 0 Å². The van der Waals surface area contributed by atoms with Crippen LogP contribution in [0.3, 0.4) is 0 Å². The van der Waals surface area contributed by atoms with Crippen LogP contribution in [0.5, 0.6) is 5.75 Å². The molecule has 5 heteroatoms. The van der Waals surface area contributed by atoms with Crippen LogP contribution in [0.1, 0.15) is 19.4 Å². The first kappa shape index (κ1) is 15.0. The Hall–Kier alpha value is -2.38. The lowest BCUT2D eigenvalue weighted by molar-refractivity contribution is 0.244. The molecule has 0 amide bonds. The predicted octanol–water partition coefficient (Wildman–Crippen LogP) is 4.32. The van der Waals surface area contributed by atoms with Gasteiger partial charge in [-0.1, -0.05) is 11.6 Å². The van der Waals surface area contributed by atoms with Gasteiger partial charge < -0.3 is 15.8 Å². The van der Waals surface area contributed by atoms with Crippen LogP contribution in [0.2, 0.25) is 5.02 Å². The summed E-state index contributed by atoms with van der Waals surface area (Å²) in [6.07, 6.45) is 0.0426. The molecule has 0 radical (unpaired) electrons. The van der Waals surface area contributed by atoms with Crippen LogP contribution in [0.15, 0.2) is 36.4 Å². The Labute approximate surface area is 129 Å². The first-order chi connectivity index (χ1) is 9.99. The van der Waals surface area contributed by atoms with Crippen molar-refractivity contribution in [2.24, 2.45) is 0 Å². The van der Waals surface area contributed by atoms with Gasteiger partial charge in [0.25, 0.3) is 0 Å². The average molecular weight is 302 g/mol. The highest BCUT2D eigenvalue weighted by molar-refractivity contribution is 6.33. The van der Waals surface area contributed by atoms with E-state index in [0.717, 1.165) is 11.4 Å². The van der Waals surface area contributed by atoms with Crippen molar-refractivity contribution in [3.05, 3.63) is 47.0 Å². The number of ether oxygens (including phenoxy) is 1. The molecule has 3 N–H and O–H groups in total. The molecule has 0 bridgehead atoms. The molecule has 2 aromatic rings. The summed E-state index contributed by atoms with van der Waals surface area (Å²) in [6, 6.07) is 12.6. The Morgan fingerprint density at radius 1 is 1.24 bits per heavy atom. The SMILES string of the molecule is CC(C)Oc1cc(Nc2ccc(C#N)cc2Cl)ccc1N. The van der Waals surface area contributed by atoms with E-state index in [1.54, 1.807) is 24.3 Å². The molecule has 0 saturated carbocycles. The van der Waals surface area contributed by atoms with Crippen molar-refractivity contribution in [3.63, 3.8) is 0 Å². The van der Waals surface area contributed by atoms with Crippen LogP contribution >= 0.6 is 11.6 Å². The molecule has 21 heavy (non-hydrogen) atoms. The second-order valence-electron chi connectivity index (χ2n) is 4.85. The lowest BCUT2D eigenvalue weighted by Crippen LogP contribution is -2.07. The summed E-state index contributed by atoms with van der Waals surface area (Å²) in [4.78, 5) is 0. The molecule has 0 aliphatic heterocycles. The third-order valence-corrected chi connectivity index (χ3v) is 3.07. The molecular weight excluding hydrogens is 286 g/mol. The van der Waals surface area contributed by atoms with Crippen LogP contribution in [0.25, 0.3) is 0 Å². The number of nitrogen functional groups attached to an aromatic ring is 1. The molecule has 0 aromatic heterocycles. The van der Waals surface area contributed by atoms with Gasteiger partial charge in [0, 0.05) is 11.8 Å². The molecule has 0 atom stereocenters. The Kier molecular flexibility index (Phi) is 4.56.